The van der Waals surface area contributed by atoms with Crippen LogP contribution in [0.15, 0.2) is 63.1 Å². The third-order valence-corrected chi connectivity index (χ3v) is 5.85. The molecule has 1 aromatic heterocycles. The van der Waals surface area contributed by atoms with Gasteiger partial charge in [0.15, 0.2) is 5.78 Å². The number of hydrogen-bond acceptors (Lipinski definition) is 4. The third kappa shape index (κ3) is 4.12. The second-order valence-corrected chi connectivity index (χ2v) is 7.66. The fourth-order valence-electron chi connectivity index (χ4n) is 3.42. The molecule has 0 saturated heterocycles. The third-order valence-electron chi connectivity index (χ3n) is 4.72. The zero-order valence-electron chi connectivity index (χ0n) is 16.8. The average Bonchev–Trinajstić information content (AvgIpc) is 2.71. The van der Waals surface area contributed by atoms with Crippen LogP contribution in [0.4, 0.5) is 4.39 Å². The van der Waals surface area contributed by atoms with Crippen molar-refractivity contribution in [3.63, 3.8) is 0 Å². The average molecular weight is 411 g/mol. The maximum absolute atomic E-state index is 13.5. The monoisotopic (exact) mass is 411 g/mol. The minimum atomic E-state index is -0.341. The van der Waals surface area contributed by atoms with E-state index in [0.29, 0.717) is 39.6 Å². The van der Waals surface area contributed by atoms with E-state index in [2.05, 4.69) is 0 Å². The number of hydrogen-bond donors (Lipinski definition) is 0. The molecule has 0 bridgehead atoms. The van der Waals surface area contributed by atoms with Crippen LogP contribution in [-0.2, 0) is 6.42 Å². The van der Waals surface area contributed by atoms with E-state index in [9.17, 15) is 14.0 Å². The molecule has 29 heavy (non-hydrogen) atoms. The van der Waals surface area contributed by atoms with Crippen LogP contribution in [0.25, 0.3) is 5.69 Å². The van der Waals surface area contributed by atoms with Crippen LogP contribution < -0.4 is 10.3 Å². The number of aromatic nitrogens is 1. The Morgan fingerprint density at radius 3 is 2.45 bits per heavy atom. The van der Waals surface area contributed by atoms with Gasteiger partial charge in [-0.2, -0.15) is 0 Å². The van der Waals surface area contributed by atoms with Gasteiger partial charge in [0.05, 0.1) is 17.7 Å². The topological polar surface area (TPSA) is 48.3 Å². The Morgan fingerprint density at radius 1 is 1.17 bits per heavy atom. The smallest absolute Gasteiger partial charge is 0.269 e. The maximum atomic E-state index is 13.5. The predicted molar refractivity (Wildman–Crippen MR) is 113 cm³/mol. The standard InChI is InChI=1S/C23H22FNO3S/c1-5-20-21(15(3)26)14(2)25(17-7-6-8-18(13-17)28-4)23(27)22(20)29-19-11-9-16(24)10-12-19/h6-13H,5H2,1-4H3. The molecule has 3 rings (SSSR count). The summed E-state index contributed by atoms with van der Waals surface area (Å²) in [6.07, 6.45) is 0.535. The molecular weight excluding hydrogens is 389 g/mol. The van der Waals surface area contributed by atoms with Crippen molar-refractivity contribution in [2.24, 2.45) is 0 Å². The number of nitrogens with zero attached hydrogens (tertiary/aromatic N) is 1. The van der Waals surface area contributed by atoms with Gasteiger partial charge in [-0.15, -0.1) is 0 Å². The molecule has 0 spiro atoms. The van der Waals surface area contributed by atoms with Gasteiger partial charge >= 0.3 is 0 Å². The fraction of sp³-hybridized carbons (Fsp3) is 0.217. The van der Waals surface area contributed by atoms with E-state index in [1.165, 1.54) is 30.8 Å². The Hall–Kier alpha value is -2.86. The highest BCUT2D eigenvalue weighted by atomic mass is 32.2. The molecule has 0 aliphatic carbocycles. The summed E-state index contributed by atoms with van der Waals surface area (Å²) in [5.41, 5.74) is 2.26. The molecule has 0 unspecified atom stereocenters. The number of ether oxygens (including phenoxy) is 1. The van der Waals surface area contributed by atoms with E-state index in [1.54, 1.807) is 55.0 Å². The second-order valence-electron chi connectivity index (χ2n) is 6.58. The van der Waals surface area contributed by atoms with E-state index >= 15 is 0 Å². The Bertz CT molecular complexity index is 1120. The van der Waals surface area contributed by atoms with Crippen molar-refractivity contribution in [3.8, 4) is 11.4 Å². The molecule has 1 heterocycles. The summed E-state index contributed by atoms with van der Waals surface area (Å²) in [5, 5.41) is 0. The molecule has 0 aliphatic heterocycles. The Balaban J connectivity index is 2.31. The first-order valence-corrected chi connectivity index (χ1v) is 10.1. The largest absolute Gasteiger partial charge is 0.497 e. The van der Waals surface area contributed by atoms with Gasteiger partial charge in [0.2, 0.25) is 0 Å². The first kappa shape index (κ1) is 20.9. The van der Waals surface area contributed by atoms with Crippen LogP contribution in [0.3, 0.4) is 0 Å². The molecule has 3 aromatic rings. The minimum absolute atomic E-state index is 0.100. The number of carbonyl (C=O) groups excluding carboxylic acids is 1. The number of Topliss-reactive ketones (excluding diaryl/α,β-unsaturated/α-hetero) is 1. The second kappa shape index (κ2) is 8.66. The molecule has 150 valence electrons. The van der Waals surface area contributed by atoms with Gasteiger partial charge in [0.25, 0.3) is 5.56 Å². The molecule has 6 heteroatoms. The quantitative estimate of drug-likeness (QED) is 0.523. The minimum Gasteiger partial charge on any atom is -0.497 e. The summed E-state index contributed by atoms with van der Waals surface area (Å²) in [5.74, 6) is 0.176. The van der Waals surface area contributed by atoms with E-state index in [0.717, 1.165) is 4.90 Å². The number of rotatable bonds is 6. The highest BCUT2D eigenvalue weighted by molar-refractivity contribution is 7.99. The number of pyridine rings is 1. The first-order chi connectivity index (χ1) is 13.9. The molecule has 2 aromatic carbocycles. The first-order valence-electron chi connectivity index (χ1n) is 9.24. The van der Waals surface area contributed by atoms with Crippen molar-refractivity contribution < 1.29 is 13.9 Å². The maximum Gasteiger partial charge on any atom is 0.269 e. The molecule has 4 nitrogen and oxygen atoms in total. The Morgan fingerprint density at radius 2 is 1.86 bits per heavy atom. The van der Waals surface area contributed by atoms with Crippen LogP contribution in [0.5, 0.6) is 5.75 Å². The zero-order valence-corrected chi connectivity index (χ0v) is 17.6. The van der Waals surface area contributed by atoms with Gasteiger partial charge in [-0.05, 0) is 62.2 Å². The van der Waals surface area contributed by atoms with Gasteiger partial charge < -0.3 is 4.74 Å². The summed E-state index contributed by atoms with van der Waals surface area (Å²) < 4.78 is 20.1. The van der Waals surface area contributed by atoms with Crippen molar-refractivity contribution in [2.75, 3.05) is 7.11 Å². The van der Waals surface area contributed by atoms with Crippen molar-refractivity contribution in [3.05, 3.63) is 81.5 Å². The SMILES string of the molecule is CCc1c(C(C)=O)c(C)n(-c2cccc(OC)c2)c(=O)c1Sc1ccc(F)cc1. The molecule has 0 radical (unpaired) electrons. The van der Waals surface area contributed by atoms with Gasteiger partial charge in [-0.3, -0.25) is 14.2 Å². The van der Waals surface area contributed by atoms with E-state index in [-0.39, 0.29) is 17.2 Å². The van der Waals surface area contributed by atoms with Crippen molar-refractivity contribution >= 4 is 17.5 Å². The fourth-order valence-corrected chi connectivity index (χ4v) is 4.47. The zero-order chi connectivity index (χ0) is 21.1. The summed E-state index contributed by atoms with van der Waals surface area (Å²) in [6.45, 7) is 5.21. The molecule has 0 saturated carbocycles. The van der Waals surface area contributed by atoms with E-state index in [1.807, 2.05) is 6.92 Å². The van der Waals surface area contributed by atoms with Gasteiger partial charge in [0, 0.05) is 22.2 Å². The summed E-state index contributed by atoms with van der Waals surface area (Å²) in [7, 11) is 1.56. The van der Waals surface area contributed by atoms with Crippen molar-refractivity contribution in [1.29, 1.82) is 0 Å². The normalized spacial score (nSPS) is 10.8. The summed E-state index contributed by atoms with van der Waals surface area (Å²) >= 11 is 1.25. The number of ketones is 1. The summed E-state index contributed by atoms with van der Waals surface area (Å²) in [4.78, 5) is 27.2. The Labute approximate surface area is 173 Å². The number of carbonyl (C=O) groups is 1. The molecule has 0 N–H and O–H groups in total. The predicted octanol–water partition coefficient (Wildman–Crippen LogP) is 5.21. The lowest BCUT2D eigenvalue weighted by atomic mass is 10.0. The lowest BCUT2D eigenvalue weighted by Gasteiger charge is -2.20. The van der Waals surface area contributed by atoms with Crippen LogP contribution in [-0.4, -0.2) is 17.5 Å². The van der Waals surface area contributed by atoms with Gasteiger partial charge in [-0.1, -0.05) is 24.8 Å². The lowest BCUT2D eigenvalue weighted by Crippen LogP contribution is -2.27. The Kier molecular flexibility index (Phi) is 6.23. The molecule has 0 amide bonds. The van der Waals surface area contributed by atoms with E-state index < -0.39 is 0 Å². The molecule has 0 atom stereocenters. The molecule has 0 fully saturated rings. The highest BCUT2D eigenvalue weighted by Gasteiger charge is 2.23. The van der Waals surface area contributed by atoms with Crippen LogP contribution in [0.2, 0.25) is 0 Å². The van der Waals surface area contributed by atoms with Gasteiger partial charge in [0.1, 0.15) is 11.6 Å². The van der Waals surface area contributed by atoms with Crippen LogP contribution in [0.1, 0.15) is 35.5 Å². The highest BCUT2D eigenvalue weighted by Crippen LogP contribution is 2.32. The van der Waals surface area contributed by atoms with Crippen molar-refractivity contribution in [2.45, 2.75) is 37.0 Å². The number of methoxy groups -OCH3 is 1. The summed E-state index contributed by atoms with van der Waals surface area (Å²) in [6, 6.07) is 13.1. The van der Waals surface area contributed by atoms with Crippen LogP contribution >= 0.6 is 11.8 Å². The number of benzene rings is 2. The molecular formula is C23H22FNO3S. The van der Waals surface area contributed by atoms with Gasteiger partial charge in [-0.25, -0.2) is 4.39 Å². The molecule has 0 aliphatic rings. The van der Waals surface area contributed by atoms with Crippen molar-refractivity contribution in [1.82, 2.24) is 4.57 Å². The lowest BCUT2D eigenvalue weighted by molar-refractivity contribution is 0.101. The van der Waals surface area contributed by atoms with Crippen LogP contribution in [0, 0.1) is 12.7 Å². The van der Waals surface area contributed by atoms with E-state index in [4.69, 9.17) is 4.74 Å². The number of halogens is 1.